The zero-order chi connectivity index (χ0) is 48.9. The van der Waals surface area contributed by atoms with Crippen molar-refractivity contribution in [3.05, 3.63) is 77.1 Å². The fraction of sp³-hybridized carbons (Fsp3) is 0.357. The van der Waals surface area contributed by atoms with Crippen molar-refractivity contribution in [3.8, 4) is 40.2 Å². The molecule has 25 nitrogen and oxygen atoms in total. The first-order valence-electron chi connectivity index (χ1n) is 19.7. The second-order valence-corrected chi connectivity index (χ2v) is 14.9. The van der Waals surface area contributed by atoms with Crippen molar-refractivity contribution in [2.24, 2.45) is 0 Å². The quantitative estimate of drug-likeness (QED) is 0.0269. The van der Waals surface area contributed by atoms with Gasteiger partial charge in [0.2, 0.25) is 12.6 Å². The van der Waals surface area contributed by atoms with Crippen molar-refractivity contribution in [3.63, 3.8) is 0 Å². The molecular formula is C42H42O25. The molecule has 3 aromatic rings. The molecule has 2 saturated heterocycles. The zero-order valence-electron chi connectivity index (χ0n) is 34.2. The van der Waals surface area contributed by atoms with Crippen LogP contribution in [0.5, 0.6) is 40.2 Å². The summed E-state index contributed by atoms with van der Waals surface area (Å²) in [5, 5.41) is 124. The van der Waals surface area contributed by atoms with Crippen LogP contribution in [0, 0.1) is 0 Å². The van der Waals surface area contributed by atoms with E-state index < -0.39 is 158 Å². The van der Waals surface area contributed by atoms with E-state index in [1.807, 2.05) is 0 Å². The molecule has 3 aliphatic heterocycles. The number of aromatic hydroxyl groups is 5. The van der Waals surface area contributed by atoms with Crippen molar-refractivity contribution < 1.29 is 123 Å². The van der Waals surface area contributed by atoms with Crippen molar-refractivity contribution in [2.75, 3.05) is 13.2 Å². The van der Waals surface area contributed by atoms with Crippen molar-refractivity contribution in [1.29, 1.82) is 0 Å². The number of fused-ring (bicyclic) bond motifs is 1. The molecule has 25 heteroatoms. The number of hydrogen-bond acceptors (Lipinski definition) is 23. The second kappa shape index (κ2) is 20.8. The SMILES string of the molecule is O=C(O)CC(=O)OC[C@H]1O[C@@H](Oc2cc(O)cc3c2C=C(O[C@@H]2O[C@H](COC(=O)/C=C/c4ccc(O)cc4)[C@@H](O)[C@H](O)[C@H]2O)C(c2cc(O)c(O)c(O)c2)O3)[C@H](O)[C@@H](O)[C@@H]1OC(=O)CC(=O)O. The molecule has 0 amide bonds. The minimum absolute atomic E-state index is 0.0130. The van der Waals surface area contributed by atoms with E-state index in [2.05, 4.69) is 0 Å². The number of benzene rings is 3. The molecule has 6 rings (SSSR count). The fourth-order valence-electron chi connectivity index (χ4n) is 6.75. The molecule has 0 saturated carbocycles. The van der Waals surface area contributed by atoms with Gasteiger partial charge in [0.15, 0.2) is 29.5 Å². The Hall–Kier alpha value is -7.39. The number of rotatable bonds is 16. The molecule has 360 valence electrons. The molecule has 2 fully saturated rings. The third-order valence-electron chi connectivity index (χ3n) is 10.0. The van der Waals surface area contributed by atoms with Crippen LogP contribution < -0.4 is 9.47 Å². The fourth-order valence-corrected chi connectivity index (χ4v) is 6.75. The van der Waals surface area contributed by atoms with Gasteiger partial charge in [0, 0.05) is 23.8 Å². The molecule has 0 bridgehead atoms. The van der Waals surface area contributed by atoms with E-state index in [1.165, 1.54) is 30.3 Å². The van der Waals surface area contributed by atoms with Gasteiger partial charge >= 0.3 is 29.8 Å². The Labute approximate surface area is 375 Å². The van der Waals surface area contributed by atoms with E-state index in [1.54, 1.807) is 0 Å². The average Bonchev–Trinajstić information content (AvgIpc) is 3.26. The van der Waals surface area contributed by atoms with Gasteiger partial charge in [0.05, 0.1) is 5.56 Å². The molecule has 0 radical (unpaired) electrons. The minimum atomic E-state index is -2.18. The summed E-state index contributed by atoms with van der Waals surface area (Å²) in [6.07, 6.45) is -20.0. The van der Waals surface area contributed by atoms with Gasteiger partial charge in [0.25, 0.3) is 0 Å². The number of carboxylic acid groups (broad SMARTS) is 2. The topological polar surface area (TPSA) is 402 Å². The first-order chi connectivity index (χ1) is 31.7. The maximum absolute atomic E-state index is 12.5. The van der Waals surface area contributed by atoms with Crippen LogP contribution in [-0.4, -0.2) is 166 Å². The van der Waals surface area contributed by atoms with Gasteiger partial charge in [-0.2, -0.15) is 0 Å². The monoisotopic (exact) mass is 946 g/mol. The number of carbonyl (C=O) groups excluding carboxylic acids is 3. The van der Waals surface area contributed by atoms with Crippen LogP contribution >= 0.6 is 0 Å². The Balaban J connectivity index is 1.30. The first kappa shape index (κ1) is 49.1. The summed E-state index contributed by atoms with van der Waals surface area (Å²) in [6, 6.07) is 9.60. The molecule has 3 aromatic carbocycles. The number of ether oxygens (including phenoxy) is 8. The lowest BCUT2D eigenvalue weighted by Gasteiger charge is -2.42. The summed E-state index contributed by atoms with van der Waals surface area (Å²) < 4.78 is 44.5. The van der Waals surface area contributed by atoms with Gasteiger partial charge in [-0.05, 0) is 42.0 Å². The van der Waals surface area contributed by atoms with Crippen LogP contribution in [0.3, 0.4) is 0 Å². The number of carbonyl (C=O) groups is 5. The lowest BCUT2D eigenvalue weighted by atomic mass is 9.98. The summed E-state index contributed by atoms with van der Waals surface area (Å²) in [5.41, 5.74) is 0.157. The van der Waals surface area contributed by atoms with Crippen LogP contribution in [0.25, 0.3) is 12.2 Å². The highest BCUT2D eigenvalue weighted by Crippen LogP contribution is 2.48. The molecule has 0 aromatic heterocycles. The van der Waals surface area contributed by atoms with Gasteiger partial charge in [0.1, 0.15) is 97.5 Å². The van der Waals surface area contributed by atoms with Crippen LogP contribution in [0.15, 0.2) is 60.4 Å². The number of hydrogen-bond donors (Lipinski definition) is 12. The Bertz CT molecular complexity index is 2370. The van der Waals surface area contributed by atoms with E-state index >= 15 is 0 Å². The average molecular weight is 947 g/mol. The van der Waals surface area contributed by atoms with Gasteiger partial charge in [-0.1, -0.05) is 12.1 Å². The van der Waals surface area contributed by atoms with Crippen LogP contribution in [-0.2, 0) is 52.4 Å². The summed E-state index contributed by atoms with van der Waals surface area (Å²) in [4.78, 5) is 59.1. The van der Waals surface area contributed by atoms with Crippen LogP contribution in [0.4, 0.5) is 0 Å². The number of carboxylic acids is 2. The molecule has 1 unspecified atom stereocenters. The highest BCUT2D eigenvalue weighted by Gasteiger charge is 2.50. The third-order valence-corrected chi connectivity index (χ3v) is 10.0. The third kappa shape index (κ3) is 11.9. The lowest BCUT2D eigenvalue weighted by Crippen LogP contribution is -2.61. The smallest absolute Gasteiger partial charge is 0.330 e. The van der Waals surface area contributed by atoms with E-state index in [-0.39, 0.29) is 22.6 Å². The normalized spacial score (nSPS) is 26.8. The predicted molar refractivity (Wildman–Crippen MR) is 213 cm³/mol. The van der Waals surface area contributed by atoms with E-state index in [4.69, 9.17) is 48.1 Å². The van der Waals surface area contributed by atoms with Gasteiger partial charge < -0.3 is 99.2 Å². The highest BCUT2D eigenvalue weighted by molar-refractivity contribution is 5.90. The van der Waals surface area contributed by atoms with Gasteiger partial charge in [-0.3, -0.25) is 19.2 Å². The van der Waals surface area contributed by atoms with Crippen molar-refractivity contribution in [2.45, 2.75) is 80.4 Å². The second-order valence-electron chi connectivity index (χ2n) is 14.9. The van der Waals surface area contributed by atoms with Gasteiger partial charge in [-0.25, -0.2) is 4.79 Å². The van der Waals surface area contributed by atoms with Crippen LogP contribution in [0.2, 0.25) is 0 Å². The Morgan fingerprint density at radius 3 is 1.90 bits per heavy atom. The summed E-state index contributed by atoms with van der Waals surface area (Å²) in [5.74, 6) is -11.3. The number of phenols is 5. The summed E-state index contributed by atoms with van der Waals surface area (Å²) in [6.45, 7) is -1.66. The number of phenolic OH excluding ortho intramolecular Hbond substituents is 5. The Morgan fingerprint density at radius 1 is 0.642 bits per heavy atom. The molecule has 0 aliphatic carbocycles. The molecule has 11 atom stereocenters. The van der Waals surface area contributed by atoms with Crippen molar-refractivity contribution >= 4 is 42.0 Å². The Kier molecular flexibility index (Phi) is 15.3. The highest BCUT2D eigenvalue weighted by atomic mass is 16.7. The Morgan fingerprint density at radius 2 is 1.24 bits per heavy atom. The maximum atomic E-state index is 12.5. The maximum Gasteiger partial charge on any atom is 0.330 e. The van der Waals surface area contributed by atoms with E-state index in [0.29, 0.717) is 5.56 Å². The molecular weight excluding hydrogens is 904 g/mol. The zero-order valence-corrected chi connectivity index (χ0v) is 34.2. The van der Waals surface area contributed by atoms with Crippen LogP contribution in [0.1, 0.15) is 35.6 Å². The van der Waals surface area contributed by atoms with Crippen molar-refractivity contribution in [1.82, 2.24) is 0 Å². The van der Waals surface area contributed by atoms with Gasteiger partial charge in [-0.15, -0.1) is 0 Å². The number of aliphatic hydroxyl groups excluding tert-OH is 5. The minimum Gasteiger partial charge on any atom is -0.508 e. The number of aliphatic carboxylic acids is 2. The first-order valence-corrected chi connectivity index (χ1v) is 19.7. The van der Waals surface area contributed by atoms with E-state index in [0.717, 1.165) is 36.4 Å². The molecule has 3 aliphatic rings. The number of esters is 3. The summed E-state index contributed by atoms with van der Waals surface area (Å²) >= 11 is 0. The lowest BCUT2D eigenvalue weighted by molar-refractivity contribution is -0.294. The molecule has 3 heterocycles. The summed E-state index contributed by atoms with van der Waals surface area (Å²) in [7, 11) is 0. The molecule has 67 heavy (non-hydrogen) atoms. The van der Waals surface area contributed by atoms with E-state index in [9.17, 15) is 75.0 Å². The number of aliphatic hydroxyl groups is 5. The molecule has 0 spiro atoms. The standard InChI is InChI=1S/C42H42O25/c43-18-4-1-16(2-5-18)3-6-30(51)60-14-26-34(55)35(56)37(58)41(65-26)64-25-11-20-23(62-39(25)17-7-21(45)33(54)22(46)8-17)9-19(44)10-24(20)63-42-38(59)36(57)40(67-32(53)13-29(49)50)27(66-42)15-61-31(52)12-28(47)48/h1-11,26-27,34-46,54-59H,12-15H2,(H,47,48)(H,49,50)/b6-3+/t26-,27-,34-,35+,36-,37-,38-,39?,40-,41-,42-/m1/s1. The molecule has 12 N–H and O–H groups in total. The largest absolute Gasteiger partial charge is 0.508 e. The predicted octanol–water partition coefficient (Wildman–Crippen LogP) is -1.00.